The number of unbranched alkanes of at least 4 members (excludes halogenated alkanes) is 38. The Labute approximate surface area is 478 Å². The average Bonchev–Trinajstić information content (AvgIpc) is 3.43. The zero-order valence-corrected chi connectivity index (χ0v) is 51.2. The molecule has 0 heterocycles. The van der Waals surface area contributed by atoms with Crippen molar-refractivity contribution in [3.8, 4) is 0 Å². The van der Waals surface area contributed by atoms with Crippen LogP contribution < -0.4 is 0 Å². The van der Waals surface area contributed by atoms with Crippen LogP contribution in [0.4, 0.5) is 0 Å². The van der Waals surface area contributed by atoms with E-state index in [9.17, 15) is 14.4 Å². The van der Waals surface area contributed by atoms with Gasteiger partial charge >= 0.3 is 17.9 Å². The molecular formula is C71H126O6. The molecule has 0 N–H and O–H groups in total. The van der Waals surface area contributed by atoms with E-state index in [4.69, 9.17) is 14.2 Å². The summed E-state index contributed by atoms with van der Waals surface area (Å²) in [5.41, 5.74) is 0. The van der Waals surface area contributed by atoms with Gasteiger partial charge in [0.15, 0.2) is 6.10 Å². The molecule has 1 unspecified atom stereocenters. The van der Waals surface area contributed by atoms with E-state index in [0.29, 0.717) is 19.3 Å². The van der Waals surface area contributed by atoms with Gasteiger partial charge in [-0.2, -0.15) is 0 Å². The molecule has 0 fully saturated rings. The summed E-state index contributed by atoms with van der Waals surface area (Å²) >= 11 is 0. The minimum atomic E-state index is -0.783. The van der Waals surface area contributed by atoms with E-state index in [2.05, 4.69) is 93.7 Å². The second kappa shape index (κ2) is 65.4. The average molecular weight is 1080 g/mol. The molecule has 0 saturated carbocycles. The van der Waals surface area contributed by atoms with Crippen LogP contribution in [0.5, 0.6) is 0 Å². The van der Waals surface area contributed by atoms with E-state index in [1.54, 1.807) is 0 Å². The molecule has 77 heavy (non-hydrogen) atoms. The first-order chi connectivity index (χ1) is 38.0. The minimum absolute atomic E-state index is 0.0800. The highest BCUT2D eigenvalue weighted by atomic mass is 16.6. The van der Waals surface area contributed by atoms with Crippen LogP contribution in [0, 0.1) is 0 Å². The molecule has 0 aromatic rings. The molecule has 446 valence electrons. The summed E-state index contributed by atoms with van der Waals surface area (Å²) in [7, 11) is 0. The fourth-order valence-electron chi connectivity index (χ4n) is 9.70. The lowest BCUT2D eigenvalue weighted by Crippen LogP contribution is -2.30. The summed E-state index contributed by atoms with van der Waals surface area (Å²) in [5.74, 6) is -0.879. The highest BCUT2D eigenvalue weighted by molar-refractivity contribution is 5.71. The quantitative estimate of drug-likeness (QED) is 0.0261. The summed E-state index contributed by atoms with van der Waals surface area (Å²) in [5, 5.41) is 0. The molecule has 0 aromatic heterocycles. The molecule has 1 atom stereocenters. The van der Waals surface area contributed by atoms with Gasteiger partial charge in [0.1, 0.15) is 13.2 Å². The molecular weight excluding hydrogens is 949 g/mol. The van der Waals surface area contributed by atoms with Crippen molar-refractivity contribution in [3.05, 3.63) is 72.9 Å². The highest BCUT2D eigenvalue weighted by Gasteiger charge is 2.19. The van der Waals surface area contributed by atoms with Gasteiger partial charge in [0.05, 0.1) is 0 Å². The van der Waals surface area contributed by atoms with Crippen molar-refractivity contribution in [3.63, 3.8) is 0 Å². The first-order valence-electron chi connectivity index (χ1n) is 33.4. The maximum atomic E-state index is 12.9. The predicted molar refractivity (Wildman–Crippen MR) is 335 cm³/mol. The van der Waals surface area contributed by atoms with Crippen LogP contribution in [0.3, 0.4) is 0 Å². The third kappa shape index (κ3) is 63.6. The number of ether oxygens (including phenoxy) is 3. The van der Waals surface area contributed by atoms with Crippen molar-refractivity contribution in [1.29, 1.82) is 0 Å². The van der Waals surface area contributed by atoms with Gasteiger partial charge in [0.2, 0.25) is 0 Å². The van der Waals surface area contributed by atoms with Crippen molar-refractivity contribution < 1.29 is 28.6 Å². The van der Waals surface area contributed by atoms with E-state index < -0.39 is 6.10 Å². The lowest BCUT2D eigenvalue weighted by atomic mass is 10.0. The van der Waals surface area contributed by atoms with Crippen LogP contribution in [-0.4, -0.2) is 37.2 Å². The fourth-order valence-corrected chi connectivity index (χ4v) is 9.70. The molecule has 0 saturated heterocycles. The van der Waals surface area contributed by atoms with E-state index >= 15 is 0 Å². The number of esters is 3. The smallest absolute Gasteiger partial charge is 0.306 e. The Bertz CT molecular complexity index is 1420. The zero-order valence-electron chi connectivity index (χ0n) is 51.2. The van der Waals surface area contributed by atoms with Crippen LogP contribution in [-0.2, 0) is 28.6 Å². The number of hydrogen-bond acceptors (Lipinski definition) is 6. The number of allylic oxidation sites excluding steroid dienone is 12. The van der Waals surface area contributed by atoms with Crippen molar-refractivity contribution in [2.75, 3.05) is 13.2 Å². The standard InChI is InChI=1S/C71H126O6/c1-4-7-10-13-16-19-22-25-28-30-32-34-35-37-38-40-43-46-49-52-55-58-61-64-70(73)76-67-68(66-75-69(72)63-60-57-54-51-48-45-42-27-24-21-18-15-12-9-6-3)77-71(74)65-62-59-56-53-50-47-44-41-39-36-33-31-29-26-23-20-17-14-11-8-5-2/h7,10,16,19,25,27-28,32,34,37-38,42,68H,4-6,8-9,11-15,17-18,20-24,26,29-31,33,35-36,39-41,43-67H2,1-3H3/b10-7-,19-16-,28-25-,34-32-,38-37-,42-27-. The van der Waals surface area contributed by atoms with Crippen molar-refractivity contribution in [1.82, 2.24) is 0 Å². The summed E-state index contributed by atoms with van der Waals surface area (Å²) in [6, 6.07) is 0. The second-order valence-corrected chi connectivity index (χ2v) is 22.4. The monoisotopic (exact) mass is 1070 g/mol. The number of hydrogen-bond donors (Lipinski definition) is 0. The van der Waals surface area contributed by atoms with Crippen molar-refractivity contribution in [2.45, 2.75) is 348 Å². The Morgan fingerprint density at radius 3 is 0.805 bits per heavy atom. The van der Waals surface area contributed by atoms with Gasteiger partial charge in [-0.1, -0.05) is 306 Å². The Morgan fingerprint density at radius 1 is 0.273 bits per heavy atom. The Balaban J connectivity index is 4.35. The van der Waals surface area contributed by atoms with Gasteiger partial charge in [-0.05, 0) is 89.9 Å². The van der Waals surface area contributed by atoms with E-state index in [0.717, 1.165) is 103 Å². The third-order valence-electron chi connectivity index (χ3n) is 14.7. The van der Waals surface area contributed by atoms with Gasteiger partial charge in [0, 0.05) is 19.3 Å². The SMILES string of the molecule is CC/C=C\C/C=C\C/C=C\C/C=C\C/C=C\CCCCCCCCCC(=O)OCC(COC(=O)CCCCCCC/C=C\CCCCCCCC)OC(=O)CCCCCCCCCCCCCCCCCCCCCCC. The van der Waals surface area contributed by atoms with Gasteiger partial charge in [-0.15, -0.1) is 0 Å². The second-order valence-electron chi connectivity index (χ2n) is 22.4. The Kier molecular flexibility index (Phi) is 62.7. The molecule has 0 spiro atoms. The zero-order chi connectivity index (χ0) is 55.7. The van der Waals surface area contributed by atoms with Gasteiger partial charge in [0.25, 0.3) is 0 Å². The predicted octanol–water partition coefficient (Wildman–Crippen LogP) is 22.9. The molecule has 6 nitrogen and oxygen atoms in total. The molecule has 0 aliphatic carbocycles. The fraction of sp³-hybridized carbons (Fsp3) is 0.789. The van der Waals surface area contributed by atoms with Gasteiger partial charge < -0.3 is 14.2 Å². The molecule has 0 rings (SSSR count). The summed E-state index contributed by atoms with van der Waals surface area (Å²) < 4.78 is 17.0. The van der Waals surface area contributed by atoms with E-state index in [1.165, 1.54) is 199 Å². The van der Waals surface area contributed by atoms with Crippen LogP contribution in [0.1, 0.15) is 342 Å². The Morgan fingerprint density at radius 2 is 0.506 bits per heavy atom. The van der Waals surface area contributed by atoms with Crippen molar-refractivity contribution in [2.24, 2.45) is 0 Å². The topological polar surface area (TPSA) is 78.9 Å². The molecule has 0 aliphatic heterocycles. The highest BCUT2D eigenvalue weighted by Crippen LogP contribution is 2.17. The van der Waals surface area contributed by atoms with Crippen LogP contribution in [0.2, 0.25) is 0 Å². The van der Waals surface area contributed by atoms with Gasteiger partial charge in [-0.25, -0.2) is 0 Å². The Hall–Kier alpha value is -3.15. The normalized spacial score (nSPS) is 12.5. The summed E-state index contributed by atoms with van der Waals surface area (Å²) in [6.45, 7) is 6.56. The lowest BCUT2D eigenvalue weighted by Gasteiger charge is -2.18. The lowest BCUT2D eigenvalue weighted by molar-refractivity contribution is -0.167. The number of carbonyl (C=O) groups is 3. The molecule has 0 radical (unpaired) electrons. The van der Waals surface area contributed by atoms with Crippen LogP contribution in [0.25, 0.3) is 0 Å². The van der Waals surface area contributed by atoms with E-state index in [1.807, 2.05) is 0 Å². The van der Waals surface area contributed by atoms with Crippen LogP contribution in [0.15, 0.2) is 72.9 Å². The molecule has 0 bridgehead atoms. The van der Waals surface area contributed by atoms with Gasteiger partial charge in [-0.3, -0.25) is 14.4 Å². The first-order valence-corrected chi connectivity index (χ1v) is 33.4. The first kappa shape index (κ1) is 73.8. The molecule has 6 heteroatoms. The minimum Gasteiger partial charge on any atom is -0.462 e. The van der Waals surface area contributed by atoms with Crippen LogP contribution >= 0.6 is 0 Å². The largest absolute Gasteiger partial charge is 0.462 e. The number of carbonyl (C=O) groups excluding carboxylic acids is 3. The molecule has 0 aromatic carbocycles. The third-order valence-corrected chi connectivity index (χ3v) is 14.7. The van der Waals surface area contributed by atoms with Crippen molar-refractivity contribution >= 4 is 17.9 Å². The van der Waals surface area contributed by atoms with E-state index in [-0.39, 0.29) is 31.1 Å². The molecule has 0 aliphatic rings. The maximum absolute atomic E-state index is 12.9. The summed E-state index contributed by atoms with van der Waals surface area (Å²) in [6.07, 6.45) is 84.8. The maximum Gasteiger partial charge on any atom is 0.306 e. The summed E-state index contributed by atoms with van der Waals surface area (Å²) in [4.78, 5) is 38.4. The molecule has 0 amide bonds. The number of rotatable bonds is 61.